The average Bonchev–Trinajstić information content (AvgIpc) is 2.84. The maximum absolute atomic E-state index is 10.9. The van der Waals surface area contributed by atoms with Crippen LogP contribution in [0, 0.1) is 17.0 Å². The van der Waals surface area contributed by atoms with Gasteiger partial charge in [0.15, 0.2) is 0 Å². The molecule has 0 aliphatic rings. The summed E-state index contributed by atoms with van der Waals surface area (Å²) < 4.78 is 0. The lowest BCUT2D eigenvalue weighted by atomic mass is 10.1. The van der Waals surface area contributed by atoms with Crippen LogP contribution in [0.15, 0.2) is 36.4 Å². The van der Waals surface area contributed by atoms with Crippen LogP contribution in [0.1, 0.15) is 22.2 Å². The van der Waals surface area contributed by atoms with Crippen LogP contribution in [-0.4, -0.2) is 17.5 Å². The van der Waals surface area contributed by atoms with Gasteiger partial charge in [-0.1, -0.05) is 18.2 Å². The third-order valence-corrected chi connectivity index (χ3v) is 4.40. The molecule has 0 fully saturated rings. The van der Waals surface area contributed by atoms with E-state index in [-0.39, 0.29) is 10.6 Å². The molecule has 1 aromatic heterocycles. The zero-order chi connectivity index (χ0) is 15.2. The van der Waals surface area contributed by atoms with Gasteiger partial charge in [0.25, 0.3) is 5.69 Å². The van der Waals surface area contributed by atoms with Gasteiger partial charge in [0.05, 0.1) is 4.92 Å². The van der Waals surface area contributed by atoms with Crippen molar-refractivity contribution in [3.63, 3.8) is 0 Å². The van der Waals surface area contributed by atoms with E-state index in [0.717, 1.165) is 18.5 Å². The Balaban J connectivity index is 1.83. The van der Waals surface area contributed by atoms with Gasteiger partial charge in [-0.15, -0.1) is 11.3 Å². The Labute approximate surface area is 129 Å². The molecule has 2 rings (SSSR count). The molecule has 5 heteroatoms. The molecule has 0 radical (unpaired) electrons. The third-order valence-electron chi connectivity index (χ3n) is 3.38. The van der Waals surface area contributed by atoms with Crippen molar-refractivity contribution in [1.82, 2.24) is 5.32 Å². The average molecular weight is 304 g/mol. The molecule has 1 atom stereocenters. The van der Waals surface area contributed by atoms with E-state index in [0.29, 0.717) is 12.5 Å². The molecule has 1 heterocycles. The summed E-state index contributed by atoms with van der Waals surface area (Å²) >= 11 is 1.82. The molecule has 112 valence electrons. The third kappa shape index (κ3) is 4.65. The second-order valence-electron chi connectivity index (χ2n) is 5.21. The quantitative estimate of drug-likeness (QED) is 0.626. The Morgan fingerprint density at radius 1 is 1.29 bits per heavy atom. The number of aryl methyl sites for hydroxylation is 1. The summed E-state index contributed by atoms with van der Waals surface area (Å²) in [5.74, 6) is 0. The zero-order valence-electron chi connectivity index (χ0n) is 12.3. The van der Waals surface area contributed by atoms with Crippen LogP contribution >= 0.6 is 11.3 Å². The summed E-state index contributed by atoms with van der Waals surface area (Å²) in [7, 11) is 0. The molecule has 0 aliphatic carbocycles. The number of benzene rings is 1. The van der Waals surface area contributed by atoms with E-state index in [4.69, 9.17) is 0 Å². The van der Waals surface area contributed by atoms with Crippen LogP contribution < -0.4 is 5.32 Å². The standard InChI is InChI=1S/C16H20N2O2S/c1-12(11-15-8-7-13(2)21-15)17-10-9-14-5-3-4-6-16(14)18(19)20/h3-8,12,17H,9-11H2,1-2H3. The lowest BCUT2D eigenvalue weighted by molar-refractivity contribution is -0.385. The smallest absolute Gasteiger partial charge is 0.272 e. The van der Waals surface area contributed by atoms with E-state index < -0.39 is 0 Å². The van der Waals surface area contributed by atoms with E-state index in [1.165, 1.54) is 9.75 Å². The molecule has 0 aliphatic heterocycles. The van der Waals surface area contributed by atoms with Crippen molar-refractivity contribution in [2.75, 3.05) is 6.54 Å². The van der Waals surface area contributed by atoms with Gasteiger partial charge in [0, 0.05) is 27.4 Å². The van der Waals surface area contributed by atoms with Crippen LogP contribution in [0.2, 0.25) is 0 Å². The largest absolute Gasteiger partial charge is 0.314 e. The summed E-state index contributed by atoms with van der Waals surface area (Å²) in [6.07, 6.45) is 1.67. The summed E-state index contributed by atoms with van der Waals surface area (Å²) in [6.45, 7) is 5.01. The van der Waals surface area contributed by atoms with Gasteiger partial charge in [0.1, 0.15) is 0 Å². The van der Waals surface area contributed by atoms with Gasteiger partial charge in [-0.05, 0) is 45.4 Å². The van der Waals surface area contributed by atoms with E-state index in [9.17, 15) is 10.1 Å². The van der Waals surface area contributed by atoms with Gasteiger partial charge in [0.2, 0.25) is 0 Å². The van der Waals surface area contributed by atoms with Crippen LogP contribution in [0.5, 0.6) is 0 Å². The minimum Gasteiger partial charge on any atom is -0.314 e. The van der Waals surface area contributed by atoms with Gasteiger partial charge < -0.3 is 5.32 Å². The molecule has 4 nitrogen and oxygen atoms in total. The Hall–Kier alpha value is -1.72. The predicted octanol–water partition coefficient (Wildman–Crippen LogP) is 3.73. The maximum Gasteiger partial charge on any atom is 0.272 e. The number of nitrogens with zero attached hydrogens (tertiary/aromatic N) is 1. The fraction of sp³-hybridized carbons (Fsp3) is 0.375. The Morgan fingerprint density at radius 3 is 2.71 bits per heavy atom. The molecular weight excluding hydrogens is 284 g/mol. The van der Waals surface area contributed by atoms with E-state index >= 15 is 0 Å². The fourth-order valence-electron chi connectivity index (χ4n) is 2.32. The molecule has 1 aromatic carbocycles. The molecule has 0 spiro atoms. The highest BCUT2D eigenvalue weighted by Gasteiger charge is 2.12. The van der Waals surface area contributed by atoms with Crippen molar-refractivity contribution in [2.45, 2.75) is 32.7 Å². The van der Waals surface area contributed by atoms with Gasteiger partial charge in [-0.25, -0.2) is 0 Å². The first-order valence-electron chi connectivity index (χ1n) is 7.07. The van der Waals surface area contributed by atoms with Gasteiger partial charge in [-0.3, -0.25) is 10.1 Å². The second-order valence-corrected chi connectivity index (χ2v) is 6.58. The minimum atomic E-state index is -0.312. The molecule has 0 bridgehead atoms. The van der Waals surface area contributed by atoms with Crippen molar-refractivity contribution >= 4 is 17.0 Å². The number of nitro groups is 1. The van der Waals surface area contributed by atoms with Crippen LogP contribution in [-0.2, 0) is 12.8 Å². The molecule has 1 N–H and O–H groups in total. The fourth-order valence-corrected chi connectivity index (χ4v) is 3.34. The van der Waals surface area contributed by atoms with Crippen LogP contribution in [0.3, 0.4) is 0 Å². The zero-order valence-corrected chi connectivity index (χ0v) is 13.2. The SMILES string of the molecule is Cc1ccc(CC(C)NCCc2ccccc2[N+](=O)[O-])s1. The topological polar surface area (TPSA) is 55.2 Å². The highest BCUT2D eigenvalue weighted by atomic mass is 32.1. The number of para-hydroxylation sites is 1. The van der Waals surface area contributed by atoms with Crippen molar-refractivity contribution < 1.29 is 4.92 Å². The molecule has 0 amide bonds. The number of thiophene rings is 1. The van der Waals surface area contributed by atoms with Crippen molar-refractivity contribution in [3.05, 3.63) is 61.8 Å². The summed E-state index contributed by atoms with van der Waals surface area (Å²) in [6, 6.07) is 11.6. The van der Waals surface area contributed by atoms with E-state index in [1.807, 2.05) is 23.5 Å². The first-order chi connectivity index (χ1) is 10.1. The Bertz CT molecular complexity index is 610. The highest BCUT2D eigenvalue weighted by molar-refractivity contribution is 7.11. The molecule has 1 unspecified atom stereocenters. The number of hydrogen-bond donors (Lipinski definition) is 1. The molecule has 0 saturated carbocycles. The summed E-state index contributed by atoms with van der Waals surface area (Å²) in [5, 5.41) is 14.4. The number of rotatable bonds is 7. The lowest BCUT2D eigenvalue weighted by Gasteiger charge is -2.12. The first kappa shape index (κ1) is 15.7. The van der Waals surface area contributed by atoms with Crippen LogP contribution in [0.4, 0.5) is 5.69 Å². The van der Waals surface area contributed by atoms with E-state index in [2.05, 4.69) is 31.3 Å². The predicted molar refractivity (Wildman–Crippen MR) is 87.0 cm³/mol. The molecule has 21 heavy (non-hydrogen) atoms. The van der Waals surface area contributed by atoms with E-state index in [1.54, 1.807) is 12.1 Å². The molecule has 0 saturated heterocycles. The van der Waals surface area contributed by atoms with Crippen LogP contribution in [0.25, 0.3) is 0 Å². The van der Waals surface area contributed by atoms with Crippen molar-refractivity contribution in [3.8, 4) is 0 Å². The highest BCUT2D eigenvalue weighted by Crippen LogP contribution is 2.18. The number of nitro benzene ring substituents is 1. The molecular formula is C16H20N2O2S. The Morgan fingerprint density at radius 2 is 2.05 bits per heavy atom. The summed E-state index contributed by atoms with van der Waals surface area (Å²) in [4.78, 5) is 13.3. The second kappa shape index (κ2) is 7.33. The molecule has 2 aromatic rings. The number of nitrogens with one attached hydrogen (secondary N) is 1. The van der Waals surface area contributed by atoms with Gasteiger partial charge in [-0.2, -0.15) is 0 Å². The minimum absolute atomic E-state index is 0.209. The Kier molecular flexibility index (Phi) is 5.47. The monoisotopic (exact) mass is 304 g/mol. The maximum atomic E-state index is 10.9. The number of hydrogen-bond acceptors (Lipinski definition) is 4. The lowest BCUT2D eigenvalue weighted by Crippen LogP contribution is -2.29. The van der Waals surface area contributed by atoms with Gasteiger partial charge >= 0.3 is 0 Å². The van der Waals surface area contributed by atoms with Crippen molar-refractivity contribution in [1.29, 1.82) is 0 Å². The van der Waals surface area contributed by atoms with Crippen molar-refractivity contribution in [2.24, 2.45) is 0 Å². The normalized spacial score (nSPS) is 12.3. The first-order valence-corrected chi connectivity index (χ1v) is 7.89. The summed E-state index contributed by atoms with van der Waals surface area (Å²) in [5.41, 5.74) is 0.995.